The topological polar surface area (TPSA) is 60.9 Å². The van der Waals surface area contributed by atoms with Gasteiger partial charge in [0.05, 0.1) is 6.54 Å². The van der Waals surface area contributed by atoms with Gasteiger partial charge in [0.15, 0.2) is 0 Å². The molecule has 0 atom stereocenters. The number of amides is 2. The number of urea groups is 1. The van der Waals surface area contributed by atoms with Gasteiger partial charge in [-0.15, -0.1) is 6.42 Å². The van der Waals surface area contributed by atoms with Gasteiger partial charge in [-0.3, -0.25) is 4.79 Å². The van der Waals surface area contributed by atoms with E-state index in [0.29, 0.717) is 19.0 Å². The highest BCUT2D eigenvalue weighted by Gasteiger charge is 2.25. The Hall–Kier alpha value is -1.70. The number of carboxylic acids is 1. The van der Waals surface area contributed by atoms with Crippen molar-refractivity contribution in [3.63, 3.8) is 0 Å². The molecule has 0 radical (unpaired) electrons. The molecule has 1 aliphatic heterocycles. The minimum atomic E-state index is -1.04. The number of terminal acetylenes is 1. The number of hydrogen-bond acceptors (Lipinski definition) is 2. The number of carbonyl (C=O) groups is 2. The van der Waals surface area contributed by atoms with E-state index in [4.69, 9.17) is 11.5 Å². The molecule has 1 aliphatic rings. The molecule has 17 heavy (non-hydrogen) atoms. The molecular weight excluding hydrogens is 220 g/mol. The van der Waals surface area contributed by atoms with E-state index in [1.54, 1.807) is 4.90 Å². The molecule has 0 aromatic carbocycles. The molecule has 0 aromatic rings. The Morgan fingerprint density at radius 2 is 2.06 bits per heavy atom. The molecule has 0 spiro atoms. The van der Waals surface area contributed by atoms with E-state index in [1.165, 1.54) is 4.90 Å². The SMILES string of the molecule is C#CCN(CC(=O)O)C(=O)N1CCC(C)CC1. The van der Waals surface area contributed by atoms with Crippen molar-refractivity contribution in [2.24, 2.45) is 5.92 Å². The van der Waals surface area contributed by atoms with E-state index in [0.717, 1.165) is 12.8 Å². The predicted molar refractivity (Wildman–Crippen MR) is 63.4 cm³/mol. The van der Waals surface area contributed by atoms with E-state index >= 15 is 0 Å². The zero-order valence-corrected chi connectivity index (χ0v) is 10.1. The first-order valence-corrected chi connectivity index (χ1v) is 5.73. The summed E-state index contributed by atoms with van der Waals surface area (Å²) in [5.41, 5.74) is 0. The van der Waals surface area contributed by atoms with Crippen LogP contribution in [0, 0.1) is 18.3 Å². The van der Waals surface area contributed by atoms with Gasteiger partial charge in [0.2, 0.25) is 0 Å². The molecule has 2 amide bonds. The Morgan fingerprint density at radius 3 is 2.53 bits per heavy atom. The molecule has 0 aromatic heterocycles. The molecule has 1 heterocycles. The van der Waals surface area contributed by atoms with Crippen molar-refractivity contribution in [1.29, 1.82) is 0 Å². The highest BCUT2D eigenvalue weighted by Crippen LogP contribution is 2.17. The van der Waals surface area contributed by atoms with Crippen LogP contribution < -0.4 is 0 Å². The minimum Gasteiger partial charge on any atom is -0.480 e. The Balaban J connectivity index is 2.58. The first kappa shape index (κ1) is 13.4. The van der Waals surface area contributed by atoms with Gasteiger partial charge in [-0.05, 0) is 18.8 Å². The van der Waals surface area contributed by atoms with E-state index in [-0.39, 0.29) is 19.1 Å². The Labute approximate surface area is 101 Å². The van der Waals surface area contributed by atoms with Crippen molar-refractivity contribution in [2.45, 2.75) is 19.8 Å². The van der Waals surface area contributed by atoms with Crippen molar-refractivity contribution < 1.29 is 14.7 Å². The van der Waals surface area contributed by atoms with Crippen molar-refractivity contribution in [3.05, 3.63) is 0 Å². The third kappa shape index (κ3) is 3.99. The van der Waals surface area contributed by atoms with Gasteiger partial charge in [0.25, 0.3) is 0 Å². The van der Waals surface area contributed by atoms with Gasteiger partial charge in [0, 0.05) is 13.1 Å². The van der Waals surface area contributed by atoms with Gasteiger partial charge < -0.3 is 14.9 Å². The van der Waals surface area contributed by atoms with E-state index < -0.39 is 5.97 Å². The highest BCUT2D eigenvalue weighted by atomic mass is 16.4. The van der Waals surface area contributed by atoms with Crippen LogP contribution in [0.2, 0.25) is 0 Å². The number of rotatable bonds is 3. The van der Waals surface area contributed by atoms with Crippen LogP contribution in [0.4, 0.5) is 4.79 Å². The second-order valence-corrected chi connectivity index (χ2v) is 4.41. The van der Waals surface area contributed by atoms with E-state index in [2.05, 4.69) is 12.8 Å². The number of hydrogen-bond donors (Lipinski definition) is 1. The molecule has 1 fully saturated rings. The van der Waals surface area contributed by atoms with Crippen molar-refractivity contribution in [3.8, 4) is 12.3 Å². The molecule has 0 bridgehead atoms. The number of aliphatic carboxylic acids is 1. The van der Waals surface area contributed by atoms with Crippen molar-refractivity contribution >= 4 is 12.0 Å². The molecular formula is C12H18N2O3. The monoisotopic (exact) mass is 238 g/mol. The highest BCUT2D eigenvalue weighted by molar-refractivity contribution is 5.80. The summed E-state index contributed by atoms with van der Waals surface area (Å²) in [6.07, 6.45) is 7.06. The average molecular weight is 238 g/mol. The van der Waals surface area contributed by atoms with Crippen LogP contribution in [-0.4, -0.2) is 53.1 Å². The lowest BCUT2D eigenvalue weighted by Gasteiger charge is -2.33. The largest absolute Gasteiger partial charge is 0.480 e. The molecule has 0 saturated carbocycles. The summed E-state index contributed by atoms with van der Waals surface area (Å²) in [7, 11) is 0. The van der Waals surface area contributed by atoms with Crippen LogP contribution in [0.3, 0.4) is 0 Å². The lowest BCUT2D eigenvalue weighted by atomic mass is 10.00. The second kappa shape index (κ2) is 6.14. The minimum absolute atomic E-state index is 0.0389. The predicted octanol–water partition coefficient (Wildman–Crippen LogP) is 0.858. The molecule has 5 nitrogen and oxygen atoms in total. The molecule has 0 aliphatic carbocycles. The summed E-state index contributed by atoms with van der Waals surface area (Å²) in [6.45, 7) is 3.21. The second-order valence-electron chi connectivity index (χ2n) is 4.41. The molecule has 0 unspecified atom stereocenters. The first-order valence-electron chi connectivity index (χ1n) is 5.73. The van der Waals surface area contributed by atoms with E-state index in [1.807, 2.05) is 0 Å². The standard InChI is InChI=1S/C12H18N2O3/c1-3-6-14(9-11(15)16)12(17)13-7-4-10(2)5-8-13/h1,10H,4-9H2,2H3,(H,15,16). The quantitative estimate of drug-likeness (QED) is 0.742. The number of likely N-dealkylation sites (tertiary alicyclic amines) is 1. The number of carbonyl (C=O) groups excluding carboxylic acids is 1. The fourth-order valence-electron chi connectivity index (χ4n) is 1.86. The fraction of sp³-hybridized carbons (Fsp3) is 0.667. The maximum Gasteiger partial charge on any atom is 0.323 e. The van der Waals surface area contributed by atoms with Gasteiger partial charge in [-0.25, -0.2) is 4.79 Å². The molecule has 94 valence electrons. The summed E-state index contributed by atoms with van der Waals surface area (Å²) in [6, 6.07) is -0.266. The van der Waals surface area contributed by atoms with Crippen LogP contribution >= 0.6 is 0 Å². The molecule has 1 rings (SSSR count). The Bertz CT molecular complexity index is 327. The first-order chi connectivity index (χ1) is 8.04. The van der Waals surface area contributed by atoms with Crippen LogP contribution in [0.1, 0.15) is 19.8 Å². The summed E-state index contributed by atoms with van der Waals surface area (Å²) in [5, 5.41) is 8.72. The number of nitrogens with zero attached hydrogens (tertiary/aromatic N) is 2. The normalized spacial score (nSPS) is 16.4. The van der Waals surface area contributed by atoms with Gasteiger partial charge in [-0.1, -0.05) is 12.8 Å². The zero-order valence-electron chi connectivity index (χ0n) is 10.1. The van der Waals surface area contributed by atoms with Crippen LogP contribution in [0.25, 0.3) is 0 Å². The van der Waals surface area contributed by atoms with Crippen LogP contribution in [0.5, 0.6) is 0 Å². The number of carboxylic acid groups (broad SMARTS) is 1. The summed E-state index contributed by atoms with van der Waals surface area (Å²) < 4.78 is 0. The summed E-state index contributed by atoms with van der Waals surface area (Å²) in [4.78, 5) is 25.5. The summed E-state index contributed by atoms with van der Waals surface area (Å²) >= 11 is 0. The number of piperidine rings is 1. The average Bonchev–Trinajstić information content (AvgIpc) is 2.28. The Kier molecular flexibility index (Phi) is 4.83. The van der Waals surface area contributed by atoms with Gasteiger partial charge in [0.1, 0.15) is 6.54 Å². The maximum atomic E-state index is 12.0. The van der Waals surface area contributed by atoms with Gasteiger partial charge in [-0.2, -0.15) is 0 Å². The smallest absolute Gasteiger partial charge is 0.323 e. The lowest BCUT2D eigenvalue weighted by molar-refractivity contribution is -0.137. The van der Waals surface area contributed by atoms with Gasteiger partial charge >= 0.3 is 12.0 Å². The van der Waals surface area contributed by atoms with Crippen molar-refractivity contribution in [1.82, 2.24) is 9.80 Å². The third-order valence-electron chi connectivity index (χ3n) is 2.93. The van der Waals surface area contributed by atoms with Crippen molar-refractivity contribution in [2.75, 3.05) is 26.2 Å². The van der Waals surface area contributed by atoms with E-state index in [9.17, 15) is 9.59 Å². The van der Waals surface area contributed by atoms with Crippen LogP contribution in [-0.2, 0) is 4.79 Å². The zero-order chi connectivity index (χ0) is 12.8. The molecule has 5 heteroatoms. The Morgan fingerprint density at radius 1 is 1.47 bits per heavy atom. The molecule has 1 N–H and O–H groups in total. The maximum absolute atomic E-state index is 12.0. The summed E-state index contributed by atoms with van der Waals surface area (Å²) in [5.74, 6) is 1.90. The lowest BCUT2D eigenvalue weighted by Crippen LogP contribution is -2.48. The fourth-order valence-corrected chi connectivity index (χ4v) is 1.86. The molecule has 1 saturated heterocycles. The van der Waals surface area contributed by atoms with Crippen LogP contribution in [0.15, 0.2) is 0 Å². The third-order valence-corrected chi connectivity index (χ3v) is 2.93.